The predicted octanol–water partition coefficient (Wildman–Crippen LogP) is 6.75. The van der Waals surface area contributed by atoms with Gasteiger partial charge in [0.15, 0.2) is 0 Å². The molecule has 31 heavy (non-hydrogen) atoms. The molecule has 0 aromatic carbocycles. The molecule has 0 aromatic heterocycles. The van der Waals surface area contributed by atoms with E-state index in [-0.39, 0.29) is 17.6 Å². The van der Waals surface area contributed by atoms with E-state index in [9.17, 15) is 10.2 Å². The van der Waals surface area contributed by atoms with Crippen LogP contribution in [-0.4, -0.2) is 22.4 Å². The Kier molecular flexibility index (Phi) is 5.50. The normalized spacial score (nSPS) is 48.7. The van der Waals surface area contributed by atoms with E-state index in [1.807, 2.05) is 0 Å². The molecular weight excluding hydrogens is 380 g/mol. The summed E-state index contributed by atoms with van der Waals surface area (Å²) in [7, 11) is 0. The second-order valence-electron chi connectivity index (χ2n) is 13.5. The summed E-state index contributed by atoms with van der Waals surface area (Å²) in [5.74, 6) is 4.07. The molecule has 2 nitrogen and oxygen atoms in total. The van der Waals surface area contributed by atoms with Gasteiger partial charge < -0.3 is 10.2 Å². The topological polar surface area (TPSA) is 40.5 Å². The molecule has 5 rings (SSSR count). The lowest BCUT2D eigenvalue weighted by Gasteiger charge is -2.60. The van der Waals surface area contributed by atoms with Gasteiger partial charge in [-0.05, 0) is 97.7 Å². The molecule has 0 heterocycles. The zero-order chi connectivity index (χ0) is 22.2. The van der Waals surface area contributed by atoms with Crippen molar-refractivity contribution in [2.24, 2.45) is 51.8 Å². The molecule has 0 amide bonds. The van der Waals surface area contributed by atoms with Crippen LogP contribution >= 0.6 is 0 Å². The average molecular weight is 429 g/mol. The molecule has 5 aliphatic carbocycles. The number of allylic oxidation sites excluding steroid dienone is 1. The Morgan fingerprint density at radius 1 is 0.968 bits per heavy atom. The molecule has 0 radical (unpaired) electrons. The molecule has 4 saturated carbocycles. The van der Waals surface area contributed by atoms with Crippen LogP contribution in [0.3, 0.4) is 0 Å². The summed E-state index contributed by atoms with van der Waals surface area (Å²) in [6, 6.07) is 0. The fraction of sp³-hybridized carbons (Fsp3) is 0.931. The Balaban J connectivity index is 1.38. The zero-order valence-electron chi connectivity index (χ0n) is 20.9. The van der Waals surface area contributed by atoms with Gasteiger partial charge in [-0.2, -0.15) is 0 Å². The quantitative estimate of drug-likeness (QED) is 0.475. The second-order valence-corrected chi connectivity index (χ2v) is 13.5. The SMILES string of the molecule is CC(C)CCC[C@@H](C)[C@H]1[C@H](O)C[C@H]2[C@@H]3CC=C4C5(CC5)[C@H](O)CC[C@]4(C)[C@H]3CC[C@]12C. The summed E-state index contributed by atoms with van der Waals surface area (Å²) in [6.07, 6.45) is 15.8. The zero-order valence-corrected chi connectivity index (χ0v) is 20.9. The van der Waals surface area contributed by atoms with Gasteiger partial charge in [-0.1, -0.05) is 65.5 Å². The van der Waals surface area contributed by atoms with E-state index in [0.717, 1.165) is 30.6 Å². The van der Waals surface area contributed by atoms with Crippen molar-refractivity contribution in [2.45, 2.75) is 117 Å². The molecule has 1 spiro atoms. The van der Waals surface area contributed by atoms with E-state index in [4.69, 9.17) is 0 Å². The molecule has 2 N–H and O–H groups in total. The molecule has 176 valence electrons. The molecule has 0 aliphatic heterocycles. The van der Waals surface area contributed by atoms with Crippen LogP contribution in [0.5, 0.6) is 0 Å². The van der Waals surface area contributed by atoms with E-state index in [1.165, 1.54) is 57.8 Å². The lowest BCUT2D eigenvalue weighted by atomic mass is 9.45. The number of fused-ring (bicyclic) bond motifs is 6. The fourth-order valence-electron chi connectivity index (χ4n) is 9.92. The van der Waals surface area contributed by atoms with Gasteiger partial charge in [0.2, 0.25) is 0 Å². The molecule has 4 fully saturated rings. The summed E-state index contributed by atoms with van der Waals surface area (Å²) >= 11 is 0. The van der Waals surface area contributed by atoms with Crippen molar-refractivity contribution in [2.75, 3.05) is 0 Å². The molecular formula is C29H48O2. The van der Waals surface area contributed by atoms with Crippen molar-refractivity contribution in [1.82, 2.24) is 0 Å². The Hall–Kier alpha value is -0.340. The summed E-state index contributed by atoms with van der Waals surface area (Å²) in [4.78, 5) is 0. The van der Waals surface area contributed by atoms with Crippen LogP contribution in [0.2, 0.25) is 0 Å². The van der Waals surface area contributed by atoms with Crippen LogP contribution in [0.1, 0.15) is 105 Å². The molecule has 0 bridgehead atoms. The van der Waals surface area contributed by atoms with Gasteiger partial charge >= 0.3 is 0 Å². The van der Waals surface area contributed by atoms with Crippen molar-refractivity contribution in [1.29, 1.82) is 0 Å². The molecule has 0 aromatic rings. The van der Waals surface area contributed by atoms with Crippen molar-refractivity contribution < 1.29 is 10.2 Å². The van der Waals surface area contributed by atoms with E-state index >= 15 is 0 Å². The third-order valence-electron chi connectivity index (χ3n) is 11.5. The standard InChI is InChI=1S/C29H48O2/c1-18(2)7-6-8-19(3)26-23(30)17-22-20-9-10-24-27(4,21(20)11-13-28(22,26)5)14-12-25(31)29(24)15-16-29/h10,18-23,25-26,30-31H,6-9,11-17H2,1-5H3/t19-,20-,21+,22+,23-,25-,26+,27-,28+/m1/s1. The summed E-state index contributed by atoms with van der Waals surface area (Å²) < 4.78 is 0. The minimum Gasteiger partial charge on any atom is -0.393 e. The monoisotopic (exact) mass is 428 g/mol. The maximum Gasteiger partial charge on any atom is 0.0634 e. The van der Waals surface area contributed by atoms with Gasteiger partial charge in [0, 0.05) is 5.41 Å². The molecule has 0 unspecified atom stereocenters. The maximum atomic E-state index is 11.3. The smallest absolute Gasteiger partial charge is 0.0634 e. The summed E-state index contributed by atoms with van der Waals surface area (Å²) in [5, 5.41) is 22.1. The van der Waals surface area contributed by atoms with Crippen molar-refractivity contribution >= 4 is 0 Å². The van der Waals surface area contributed by atoms with Gasteiger partial charge in [0.1, 0.15) is 0 Å². The highest BCUT2D eigenvalue weighted by Gasteiger charge is 2.66. The van der Waals surface area contributed by atoms with Gasteiger partial charge in [0.05, 0.1) is 12.2 Å². The van der Waals surface area contributed by atoms with Crippen LogP contribution < -0.4 is 0 Å². The second kappa shape index (κ2) is 7.59. The molecule has 0 saturated heterocycles. The fourth-order valence-corrected chi connectivity index (χ4v) is 9.92. The molecule has 9 atom stereocenters. The number of aliphatic hydroxyl groups excluding tert-OH is 2. The first kappa shape index (κ1) is 22.5. The summed E-state index contributed by atoms with van der Waals surface area (Å²) in [6.45, 7) is 12.2. The van der Waals surface area contributed by atoms with Crippen LogP contribution in [0.4, 0.5) is 0 Å². The third-order valence-corrected chi connectivity index (χ3v) is 11.5. The molecule has 5 aliphatic rings. The van der Waals surface area contributed by atoms with E-state index < -0.39 is 0 Å². The lowest BCUT2D eigenvalue weighted by Crippen LogP contribution is -2.53. The minimum absolute atomic E-state index is 0.0957. The number of aliphatic hydroxyl groups is 2. The van der Waals surface area contributed by atoms with Crippen molar-refractivity contribution in [3.05, 3.63) is 11.6 Å². The van der Waals surface area contributed by atoms with Crippen molar-refractivity contribution in [3.8, 4) is 0 Å². The third kappa shape index (κ3) is 3.24. The van der Waals surface area contributed by atoms with E-state index in [0.29, 0.717) is 28.6 Å². The average Bonchev–Trinajstić information content (AvgIpc) is 3.43. The van der Waals surface area contributed by atoms with Gasteiger partial charge in [-0.25, -0.2) is 0 Å². The van der Waals surface area contributed by atoms with Crippen LogP contribution in [-0.2, 0) is 0 Å². The minimum atomic E-state index is -0.107. The van der Waals surface area contributed by atoms with E-state index in [1.54, 1.807) is 5.57 Å². The van der Waals surface area contributed by atoms with Crippen LogP contribution in [0.15, 0.2) is 11.6 Å². The lowest BCUT2D eigenvalue weighted by molar-refractivity contribution is -0.0723. The van der Waals surface area contributed by atoms with Crippen LogP contribution in [0, 0.1) is 51.8 Å². The highest BCUT2D eigenvalue weighted by Crippen LogP contribution is 2.72. The first-order chi connectivity index (χ1) is 14.6. The Bertz CT molecular complexity index is 720. The summed E-state index contributed by atoms with van der Waals surface area (Å²) in [5.41, 5.74) is 2.42. The highest BCUT2D eigenvalue weighted by molar-refractivity contribution is 5.36. The first-order valence-corrected chi connectivity index (χ1v) is 13.7. The van der Waals surface area contributed by atoms with Crippen molar-refractivity contribution in [3.63, 3.8) is 0 Å². The van der Waals surface area contributed by atoms with Crippen LogP contribution in [0.25, 0.3) is 0 Å². The first-order valence-electron chi connectivity index (χ1n) is 13.7. The number of rotatable bonds is 5. The largest absolute Gasteiger partial charge is 0.393 e. The van der Waals surface area contributed by atoms with Gasteiger partial charge in [0.25, 0.3) is 0 Å². The molecule has 2 heteroatoms. The highest BCUT2D eigenvalue weighted by atomic mass is 16.3. The number of hydrogen-bond acceptors (Lipinski definition) is 2. The van der Waals surface area contributed by atoms with E-state index in [2.05, 4.69) is 40.7 Å². The van der Waals surface area contributed by atoms with Gasteiger partial charge in [-0.3, -0.25) is 0 Å². The predicted molar refractivity (Wildman–Crippen MR) is 127 cm³/mol. The Morgan fingerprint density at radius 2 is 1.71 bits per heavy atom. The Morgan fingerprint density at radius 3 is 2.39 bits per heavy atom. The number of hydrogen-bond donors (Lipinski definition) is 2. The maximum absolute atomic E-state index is 11.3. The Labute approximate surface area is 191 Å². The van der Waals surface area contributed by atoms with Gasteiger partial charge in [-0.15, -0.1) is 0 Å².